The van der Waals surface area contributed by atoms with Gasteiger partial charge in [0.1, 0.15) is 0 Å². The van der Waals surface area contributed by atoms with Gasteiger partial charge in [0.15, 0.2) is 0 Å². The predicted molar refractivity (Wildman–Crippen MR) is 67.5 cm³/mol. The fraction of sp³-hybridized carbons (Fsp3) is 0.417. The summed E-state index contributed by atoms with van der Waals surface area (Å²) >= 11 is 0. The third-order valence-electron chi connectivity index (χ3n) is 3.12. The minimum absolute atomic E-state index is 0.0141. The van der Waals surface area contributed by atoms with Gasteiger partial charge in [-0.2, -0.15) is 4.80 Å². The van der Waals surface area contributed by atoms with E-state index in [0.29, 0.717) is 12.1 Å². The van der Waals surface area contributed by atoms with Gasteiger partial charge in [-0.25, -0.2) is 4.79 Å². The second-order valence-electron chi connectivity index (χ2n) is 4.78. The molecule has 1 aromatic rings. The lowest BCUT2D eigenvalue weighted by molar-refractivity contribution is -0.145. The molecule has 0 saturated carbocycles. The number of carboxylic acid groups (broad SMARTS) is 2. The summed E-state index contributed by atoms with van der Waals surface area (Å²) < 4.78 is 0. The van der Waals surface area contributed by atoms with Gasteiger partial charge >= 0.3 is 11.9 Å². The van der Waals surface area contributed by atoms with Crippen molar-refractivity contribution >= 4 is 17.5 Å². The van der Waals surface area contributed by atoms with Crippen LogP contribution in [0.15, 0.2) is 17.7 Å². The smallest absolute Gasteiger partial charge is 0.331 e. The average Bonchev–Trinajstić information content (AvgIpc) is 2.86. The third-order valence-corrected chi connectivity index (χ3v) is 3.12. The maximum Gasteiger partial charge on any atom is 0.331 e. The number of hydrogen-bond acceptors (Lipinski definition) is 5. The Morgan fingerprint density at radius 2 is 2.15 bits per heavy atom. The fourth-order valence-corrected chi connectivity index (χ4v) is 1.97. The van der Waals surface area contributed by atoms with Crippen LogP contribution in [0.25, 0.3) is 5.57 Å². The zero-order chi connectivity index (χ0) is 14.9. The summed E-state index contributed by atoms with van der Waals surface area (Å²) in [4.78, 5) is 23.9. The molecule has 0 radical (unpaired) electrons. The van der Waals surface area contributed by atoms with E-state index >= 15 is 0 Å². The first-order valence-electron chi connectivity index (χ1n) is 6.04. The number of aryl methyl sites for hydroxylation is 1. The number of carboxylic acids is 2. The van der Waals surface area contributed by atoms with Crippen LogP contribution in [-0.2, 0) is 16.1 Å². The van der Waals surface area contributed by atoms with Crippen LogP contribution in [0.1, 0.15) is 26.1 Å². The molecule has 0 amide bonds. The van der Waals surface area contributed by atoms with E-state index < -0.39 is 17.4 Å². The van der Waals surface area contributed by atoms with Crippen LogP contribution in [-0.4, -0.2) is 42.4 Å². The molecule has 0 spiro atoms. The molecule has 0 fully saturated rings. The minimum atomic E-state index is -1.30. The van der Waals surface area contributed by atoms with Crippen molar-refractivity contribution in [1.29, 1.82) is 0 Å². The minimum Gasteiger partial charge on any atom is -0.481 e. The highest BCUT2D eigenvalue weighted by Gasteiger charge is 2.37. The number of hydrogen-bond donors (Lipinski definition) is 2. The van der Waals surface area contributed by atoms with Gasteiger partial charge in [0.25, 0.3) is 0 Å². The standard InChI is InChI=1S/C12H14N4O4/c1-3-16-14-9(13-15-16)7-4-8(10(17)18)6-12(2,5-7)11(19)20/h4-5H,3,6H2,1-2H3,(H,17,18)(H,19,20). The average molecular weight is 278 g/mol. The summed E-state index contributed by atoms with van der Waals surface area (Å²) in [5.74, 6) is -2.02. The molecule has 1 atom stereocenters. The number of rotatable bonds is 4. The van der Waals surface area contributed by atoms with E-state index in [9.17, 15) is 14.7 Å². The van der Waals surface area contributed by atoms with E-state index in [0.717, 1.165) is 0 Å². The summed E-state index contributed by atoms with van der Waals surface area (Å²) in [5, 5.41) is 30.1. The lowest BCUT2D eigenvalue weighted by Crippen LogP contribution is -2.29. The number of carbonyl (C=O) groups is 2. The largest absolute Gasteiger partial charge is 0.481 e. The summed E-state index contributed by atoms with van der Waals surface area (Å²) in [6, 6.07) is 0. The first-order chi connectivity index (χ1) is 9.35. The number of allylic oxidation sites excluding steroid dienone is 2. The molecule has 8 heteroatoms. The zero-order valence-corrected chi connectivity index (χ0v) is 11.1. The Morgan fingerprint density at radius 3 is 2.65 bits per heavy atom. The normalized spacial score (nSPS) is 22.1. The topological polar surface area (TPSA) is 118 Å². The molecule has 0 bridgehead atoms. The molecule has 2 rings (SSSR count). The Labute approximate surface area is 114 Å². The van der Waals surface area contributed by atoms with Crippen LogP contribution < -0.4 is 0 Å². The first-order valence-corrected chi connectivity index (χ1v) is 6.04. The van der Waals surface area contributed by atoms with Crippen LogP contribution in [0.5, 0.6) is 0 Å². The molecule has 1 aromatic heterocycles. The third kappa shape index (κ3) is 2.44. The molecule has 1 unspecified atom stereocenters. The zero-order valence-electron chi connectivity index (χ0n) is 11.1. The fourth-order valence-electron chi connectivity index (χ4n) is 1.97. The van der Waals surface area contributed by atoms with E-state index in [1.807, 2.05) is 6.92 Å². The second-order valence-corrected chi connectivity index (χ2v) is 4.78. The highest BCUT2D eigenvalue weighted by atomic mass is 16.4. The lowest BCUT2D eigenvalue weighted by atomic mass is 9.77. The molecule has 20 heavy (non-hydrogen) atoms. The van der Waals surface area contributed by atoms with Crippen molar-refractivity contribution in [3.8, 4) is 0 Å². The maximum absolute atomic E-state index is 11.4. The van der Waals surface area contributed by atoms with Crippen LogP contribution >= 0.6 is 0 Å². The van der Waals surface area contributed by atoms with Crippen LogP contribution in [0.3, 0.4) is 0 Å². The summed E-state index contributed by atoms with van der Waals surface area (Å²) in [6.45, 7) is 3.82. The summed E-state index contributed by atoms with van der Waals surface area (Å²) in [7, 11) is 0. The first kappa shape index (κ1) is 13.9. The van der Waals surface area contributed by atoms with Gasteiger partial charge in [0, 0.05) is 11.1 Å². The van der Waals surface area contributed by atoms with Crippen molar-refractivity contribution in [2.45, 2.75) is 26.8 Å². The van der Waals surface area contributed by atoms with Crippen molar-refractivity contribution < 1.29 is 19.8 Å². The molecule has 0 aliphatic heterocycles. The number of aliphatic carboxylic acids is 2. The second kappa shape index (κ2) is 4.87. The van der Waals surface area contributed by atoms with Crippen LogP contribution in [0.4, 0.5) is 0 Å². The van der Waals surface area contributed by atoms with E-state index in [-0.39, 0.29) is 17.8 Å². The van der Waals surface area contributed by atoms with Crippen molar-refractivity contribution in [1.82, 2.24) is 20.2 Å². The van der Waals surface area contributed by atoms with Gasteiger partial charge in [-0.1, -0.05) is 6.08 Å². The van der Waals surface area contributed by atoms with Gasteiger partial charge in [-0.3, -0.25) is 4.79 Å². The van der Waals surface area contributed by atoms with E-state index in [2.05, 4.69) is 15.4 Å². The molecule has 106 valence electrons. The summed E-state index contributed by atoms with van der Waals surface area (Å²) in [5.41, 5.74) is -0.923. The maximum atomic E-state index is 11.4. The highest BCUT2D eigenvalue weighted by Crippen LogP contribution is 2.36. The Kier molecular flexibility index (Phi) is 3.39. The van der Waals surface area contributed by atoms with Gasteiger partial charge in [0.2, 0.25) is 5.82 Å². The predicted octanol–water partition coefficient (Wildman–Crippen LogP) is 0.582. The number of nitrogens with zero attached hydrogens (tertiary/aromatic N) is 4. The highest BCUT2D eigenvalue weighted by molar-refractivity contribution is 5.95. The van der Waals surface area contributed by atoms with Crippen molar-refractivity contribution in [3.63, 3.8) is 0 Å². The van der Waals surface area contributed by atoms with Gasteiger partial charge < -0.3 is 10.2 Å². The SMILES string of the molecule is CCn1nnc(C2=CC(C)(C(=O)O)CC(C(=O)O)=C2)n1. The molecule has 1 aliphatic rings. The van der Waals surface area contributed by atoms with E-state index in [4.69, 9.17) is 5.11 Å². The summed E-state index contributed by atoms with van der Waals surface area (Å²) in [6.07, 6.45) is 2.78. The number of aromatic nitrogens is 4. The Balaban J connectivity index is 2.49. The molecule has 0 saturated heterocycles. The quantitative estimate of drug-likeness (QED) is 0.826. The Bertz CT molecular complexity index is 631. The van der Waals surface area contributed by atoms with Crippen molar-refractivity contribution in [3.05, 3.63) is 23.5 Å². The molecular weight excluding hydrogens is 264 g/mol. The molecule has 8 nitrogen and oxygen atoms in total. The molecule has 2 N–H and O–H groups in total. The van der Waals surface area contributed by atoms with Gasteiger partial charge in [0.05, 0.1) is 12.0 Å². The van der Waals surface area contributed by atoms with Crippen molar-refractivity contribution in [2.24, 2.45) is 5.41 Å². The molecule has 1 aliphatic carbocycles. The molecule has 1 heterocycles. The van der Waals surface area contributed by atoms with Crippen molar-refractivity contribution in [2.75, 3.05) is 0 Å². The molecular formula is C12H14N4O4. The lowest BCUT2D eigenvalue weighted by Gasteiger charge is -2.25. The van der Waals surface area contributed by atoms with Crippen LogP contribution in [0, 0.1) is 5.41 Å². The van der Waals surface area contributed by atoms with E-state index in [1.165, 1.54) is 23.9 Å². The number of tetrazole rings is 1. The Morgan fingerprint density at radius 1 is 1.45 bits per heavy atom. The van der Waals surface area contributed by atoms with Gasteiger partial charge in [-0.15, -0.1) is 10.2 Å². The monoisotopic (exact) mass is 278 g/mol. The van der Waals surface area contributed by atoms with E-state index in [1.54, 1.807) is 0 Å². The Hall–Kier alpha value is -2.51. The van der Waals surface area contributed by atoms with Gasteiger partial charge in [-0.05, 0) is 31.6 Å². The van der Waals surface area contributed by atoms with Crippen LogP contribution in [0.2, 0.25) is 0 Å². The molecule has 0 aromatic carbocycles.